The molecule has 0 amide bonds. The van der Waals surface area contributed by atoms with Gasteiger partial charge in [0.2, 0.25) is 9.84 Å². The second-order valence-corrected chi connectivity index (χ2v) is 9.84. The van der Waals surface area contributed by atoms with Gasteiger partial charge in [0, 0.05) is 3.57 Å². The van der Waals surface area contributed by atoms with Crippen LogP contribution in [0.3, 0.4) is 0 Å². The molecule has 3 aromatic carbocycles. The molecule has 6 heteroatoms. The first kappa shape index (κ1) is 18.2. The third-order valence-corrected chi connectivity index (χ3v) is 7.57. The summed E-state index contributed by atoms with van der Waals surface area (Å²) < 4.78 is 26.9. The predicted octanol–water partition coefficient (Wildman–Crippen LogP) is 4.50. The fourth-order valence-corrected chi connectivity index (χ4v) is 5.41. The van der Waals surface area contributed by atoms with E-state index in [-0.39, 0.29) is 9.79 Å². The molecule has 0 saturated carbocycles. The molecule has 0 radical (unpaired) electrons. The summed E-state index contributed by atoms with van der Waals surface area (Å²) in [4.78, 5) is 12.5. The van der Waals surface area contributed by atoms with Crippen LogP contribution in [0.15, 0.2) is 76.5 Å². The summed E-state index contributed by atoms with van der Waals surface area (Å²) in [6, 6.07) is 18.6. The lowest BCUT2D eigenvalue weighted by Crippen LogP contribution is -2.31. The highest BCUT2D eigenvalue weighted by Gasteiger charge is 2.46. The highest BCUT2D eigenvalue weighted by atomic mass is 127. The molecule has 4 nitrogen and oxygen atoms in total. The van der Waals surface area contributed by atoms with Gasteiger partial charge in [-0.3, -0.25) is 4.79 Å². The predicted molar refractivity (Wildman–Crippen MR) is 111 cm³/mol. The van der Waals surface area contributed by atoms with Gasteiger partial charge in [0.05, 0.1) is 9.79 Å². The zero-order valence-corrected chi connectivity index (χ0v) is 17.3. The second kappa shape index (κ2) is 6.17. The molecule has 1 unspecified atom stereocenters. The van der Waals surface area contributed by atoms with Gasteiger partial charge in [-0.2, -0.15) is 0 Å². The molecule has 136 valence electrons. The summed E-state index contributed by atoms with van der Waals surface area (Å²) in [5.41, 5.74) is 1.49. The molecule has 0 spiro atoms. The zero-order chi connectivity index (χ0) is 19.4. The van der Waals surface area contributed by atoms with Crippen molar-refractivity contribution in [1.82, 2.24) is 0 Å². The third-order valence-electron chi connectivity index (χ3n) is 5.13. The van der Waals surface area contributed by atoms with Crippen molar-refractivity contribution >= 4 is 38.4 Å². The fraction of sp³-hybridized carbons (Fsp3) is 0.0952. The number of benzene rings is 3. The van der Waals surface area contributed by atoms with Crippen LogP contribution in [0.1, 0.15) is 18.1 Å². The Bertz CT molecular complexity index is 1190. The first-order chi connectivity index (χ1) is 12.8. The minimum absolute atomic E-state index is 0.0995. The summed E-state index contributed by atoms with van der Waals surface area (Å²) in [5, 5.41) is 10.0. The van der Waals surface area contributed by atoms with E-state index in [9.17, 15) is 18.3 Å². The molecule has 1 N–H and O–H groups in total. The third kappa shape index (κ3) is 2.62. The van der Waals surface area contributed by atoms with Gasteiger partial charge >= 0.3 is 5.97 Å². The molecule has 0 aromatic heterocycles. The first-order valence-corrected chi connectivity index (χ1v) is 10.8. The number of carboxylic acids is 1. The average Bonchev–Trinajstić information content (AvgIpc) is 2.91. The summed E-state index contributed by atoms with van der Waals surface area (Å²) in [7, 11) is -3.73. The van der Waals surface area contributed by atoms with Crippen LogP contribution >= 0.6 is 22.6 Å². The number of sulfone groups is 1. The summed E-state index contributed by atoms with van der Waals surface area (Å²) in [6.07, 6.45) is 0. The smallest absolute Gasteiger partial charge is 0.318 e. The lowest BCUT2D eigenvalue weighted by atomic mass is 9.80. The quantitative estimate of drug-likeness (QED) is 0.550. The fourth-order valence-electron chi connectivity index (χ4n) is 3.62. The number of hydrogen-bond acceptors (Lipinski definition) is 3. The number of fused-ring (bicyclic) bond motifs is 3. The molecular formula is C21H15IO4S. The van der Waals surface area contributed by atoms with E-state index in [1.807, 2.05) is 18.2 Å². The Hall–Kier alpha value is -2.19. The molecule has 4 rings (SSSR count). The molecule has 0 saturated heterocycles. The van der Waals surface area contributed by atoms with E-state index in [4.69, 9.17) is 0 Å². The Morgan fingerprint density at radius 2 is 1.48 bits per heavy atom. The van der Waals surface area contributed by atoms with Crippen molar-refractivity contribution in [2.45, 2.75) is 22.1 Å². The molecule has 27 heavy (non-hydrogen) atoms. The van der Waals surface area contributed by atoms with Crippen molar-refractivity contribution in [2.75, 3.05) is 0 Å². The maximum atomic E-state index is 13.0. The summed E-state index contributed by atoms with van der Waals surface area (Å²) >= 11 is 2.15. The lowest BCUT2D eigenvalue weighted by Gasteiger charge is -2.22. The highest BCUT2D eigenvalue weighted by molar-refractivity contribution is 14.1. The van der Waals surface area contributed by atoms with E-state index in [1.165, 1.54) is 18.2 Å². The Kier molecular flexibility index (Phi) is 4.16. The van der Waals surface area contributed by atoms with Crippen LogP contribution in [0, 0.1) is 3.57 Å². The number of rotatable bonds is 3. The molecule has 0 heterocycles. The van der Waals surface area contributed by atoms with Gasteiger partial charge in [0.1, 0.15) is 5.41 Å². The standard InChI is InChI=1S/C21H15IO4S/c1-21(20(23)24)18-11-13(22)7-9-16(18)17-10-8-15(12-19(17)21)27(25,26)14-5-3-2-4-6-14/h2-12H,1H3,(H,23,24). The van der Waals surface area contributed by atoms with Crippen LogP contribution in [0.5, 0.6) is 0 Å². The van der Waals surface area contributed by atoms with Gasteiger partial charge in [-0.25, -0.2) is 8.42 Å². The van der Waals surface area contributed by atoms with E-state index >= 15 is 0 Å². The Morgan fingerprint density at radius 3 is 2.11 bits per heavy atom. The van der Waals surface area contributed by atoms with E-state index in [0.29, 0.717) is 11.1 Å². The number of hydrogen-bond donors (Lipinski definition) is 1. The molecular weight excluding hydrogens is 475 g/mol. The maximum Gasteiger partial charge on any atom is 0.318 e. The van der Waals surface area contributed by atoms with Crippen LogP contribution in [0.4, 0.5) is 0 Å². The molecule has 0 bridgehead atoms. The topological polar surface area (TPSA) is 71.4 Å². The summed E-state index contributed by atoms with van der Waals surface area (Å²) in [6.45, 7) is 1.63. The highest BCUT2D eigenvalue weighted by Crippen LogP contribution is 2.50. The van der Waals surface area contributed by atoms with Crippen molar-refractivity contribution < 1.29 is 18.3 Å². The molecule has 3 aromatic rings. The van der Waals surface area contributed by atoms with Crippen molar-refractivity contribution in [3.8, 4) is 11.1 Å². The lowest BCUT2D eigenvalue weighted by molar-refractivity contribution is -0.141. The largest absolute Gasteiger partial charge is 0.480 e. The monoisotopic (exact) mass is 490 g/mol. The molecule has 0 aliphatic heterocycles. The maximum absolute atomic E-state index is 13.0. The average molecular weight is 490 g/mol. The van der Waals surface area contributed by atoms with Crippen LogP contribution in [0.2, 0.25) is 0 Å². The number of carboxylic acid groups (broad SMARTS) is 1. The van der Waals surface area contributed by atoms with Crippen LogP contribution in [-0.2, 0) is 20.0 Å². The van der Waals surface area contributed by atoms with Gasteiger partial charge in [-0.15, -0.1) is 0 Å². The van der Waals surface area contributed by atoms with Gasteiger partial charge in [-0.1, -0.05) is 30.3 Å². The van der Waals surface area contributed by atoms with Crippen molar-refractivity contribution in [3.63, 3.8) is 0 Å². The van der Waals surface area contributed by atoms with Crippen molar-refractivity contribution in [1.29, 1.82) is 0 Å². The first-order valence-electron chi connectivity index (χ1n) is 8.25. The molecule has 1 atom stereocenters. The van der Waals surface area contributed by atoms with E-state index in [1.54, 1.807) is 37.3 Å². The minimum Gasteiger partial charge on any atom is -0.480 e. The number of aliphatic carboxylic acids is 1. The van der Waals surface area contributed by atoms with Crippen molar-refractivity contribution in [2.24, 2.45) is 0 Å². The number of carbonyl (C=O) groups is 1. The Morgan fingerprint density at radius 1 is 0.889 bits per heavy atom. The second-order valence-electron chi connectivity index (χ2n) is 6.64. The normalized spacial score (nSPS) is 18.0. The summed E-state index contributed by atoms with van der Waals surface area (Å²) in [5.74, 6) is -1.00. The SMILES string of the molecule is CC1(C(=O)O)c2cc(I)ccc2-c2ccc(S(=O)(=O)c3ccccc3)cc21. The van der Waals surface area contributed by atoms with Crippen molar-refractivity contribution in [3.05, 3.63) is 81.4 Å². The van der Waals surface area contributed by atoms with E-state index < -0.39 is 21.2 Å². The Labute approximate surface area is 170 Å². The van der Waals surface area contributed by atoms with Crippen LogP contribution < -0.4 is 0 Å². The van der Waals surface area contributed by atoms with E-state index in [2.05, 4.69) is 22.6 Å². The molecule has 0 fully saturated rings. The van der Waals surface area contributed by atoms with Gasteiger partial charge in [0.15, 0.2) is 0 Å². The van der Waals surface area contributed by atoms with E-state index in [0.717, 1.165) is 14.7 Å². The molecule has 1 aliphatic rings. The van der Waals surface area contributed by atoms with Gasteiger partial charge < -0.3 is 5.11 Å². The zero-order valence-electron chi connectivity index (χ0n) is 14.3. The van der Waals surface area contributed by atoms with Gasteiger partial charge in [-0.05, 0) is 88.2 Å². The van der Waals surface area contributed by atoms with Gasteiger partial charge in [0.25, 0.3) is 0 Å². The van der Waals surface area contributed by atoms with Crippen LogP contribution in [0.25, 0.3) is 11.1 Å². The molecule has 1 aliphatic carbocycles. The number of halogens is 1. The Balaban J connectivity index is 1.97. The minimum atomic E-state index is -3.73. The van der Waals surface area contributed by atoms with Crippen LogP contribution in [-0.4, -0.2) is 19.5 Å².